The molecule has 2 aromatic carbocycles. The van der Waals surface area contributed by atoms with Crippen molar-refractivity contribution in [1.82, 2.24) is 0 Å². The normalized spacial score (nSPS) is 26.7. The van der Waals surface area contributed by atoms with Crippen LogP contribution in [-0.2, 0) is 11.2 Å². The molecule has 3 atom stereocenters. The van der Waals surface area contributed by atoms with Crippen LogP contribution < -0.4 is 0 Å². The van der Waals surface area contributed by atoms with Crippen LogP contribution in [0.4, 0.5) is 4.39 Å². The monoisotopic (exact) mass is 346 g/mol. The molecule has 0 aromatic heterocycles. The molecule has 1 nitrogen and oxygen atoms in total. The van der Waals surface area contributed by atoms with E-state index in [1.807, 2.05) is 6.07 Å². The fourth-order valence-corrected chi connectivity index (χ4v) is 4.11. The topological polar surface area (TPSA) is 9.23 Å². The summed E-state index contributed by atoms with van der Waals surface area (Å²) in [6.45, 7) is 0. The van der Waals surface area contributed by atoms with Gasteiger partial charge in [-0.3, -0.25) is 0 Å². The lowest BCUT2D eigenvalue weighted by atomic mass is 9.87. The van der Waals surface area contributed by atoms with E-state index in [-0.39, 0.29) is 18.0 Å². The van der Waals surface area contributed by atoms with Crippen LogP contribution in [0.1, 0.15) is 40.7 Å². The van der Waals surface area contributed by atoms with Gasteiger partial charge in [0.25, 0.3) is 0 Å². The SMILES string of the molecule is Fc1ccc2c(c1)[C@H]1O[C@H](CBr)C[C@H]1c1ccccc1C2. The summed E-state index contributed by atoms with van der Waals surface area (Å²) in [6, 6.07) is 13.7. The minimum atomic E-state index is -0.177. The molecule has 0 bridgehead atoms. The molecule has 1 heterocycles. The summed E-state index contributed by atoms with van der Waals surface area (Å²) in [6.07, 6.45) is 2.02. The van der Waals surface area contributed by atoms with E-state index in [1.165, 1.54) is 16.7 Å². The van der Waals surface area contributed by atoms with Crippen LogP contribution in [0.3, 0.4) is 0 Å². The number of hydrogen-bond acceptors (Lipinski definition) is 1. The van der Waals surface area contributed by atoms with Crippen LogP contribution in [0.2, 0.25) is 0 Å². The molecule has 2 aromatic rings. The molecule has 1 fully saturated rings. The molecule has 4 rings (SSSR count). The first-order chi connectivity index (χ1) is 10.3. The highest BCUT2D eigenvalue weighted by Crippen LogP contribution is 2.49. The maximum atomic E-state index is 13.7. The largest absolute Gasteiger partial charge is 0.369 e. The minimum Gasteiger partial charge on any atom is -0.369 e. The standard InChI is InChI=1S/C18H16BrFO/c19-10-14-9-17-15-4-2-1-3-11(15)7-12-5-6-13(20)8-16(12)18(17)21-14/h1-6,8,14,17-18H,7,9-10H2/t14-,17-,18+/m0/s1. The molecule has 108 valence electrons. The number of hydrogen-bond donors (Lipinski definition) is 0. The van der Waals surface area contributed by atoms with Gasteiger partial charge in [0.15, 0.2) is 0 Å². The van der Waals surface area contributed by atoms with E-state index in [1.54, 1.807) is 12.1 Å². The minimum absolute atomic E-state index is 0.0260. The van der Waals surface area contributed by atoms with Crippen LogP contribution in [0, 0.1) is 5.82 Å². The quantitative estimate of drug-likeness (QED) is 0.677. The molecule has 1 aliphatic heterocycles. The van der Waals surface area contributed by atoms with Crippen LogP contribution in [0.15, 0.2) is 42.5 Å². The summed E-state index contributed by atoms with van der Waals surface area (Å²) in [5, 5.41) is 0.826. The van der Waals surface area contributed by atoms with Gasteiger partial charge in [-0.05, 0) is 47.2 Å². The summed E-state index contributed by atoms with van der Waals surface area (Å²) in [4.78, 5) is 0. The summed E-state index contributed by atoms with van der Waals surface area (Å²) in [5.41, 5.74) is 4.92. The van der Waals surface area contributed by atoms with Crippen LogP contribution in [-0.4, -0.2) is 11.4 Å². The number of alkyl halides is 1. The first-order valence-corrected chi connectivity index (χ1v) is 8.46. The summed E-state index contributed by atoms with van der Waals surface area (Å²) in [7, 11) is 0. The smallest absolute Gasteiger partial charge is 0.123 e. The Morgan fingerprint density at radius 3 is 2.76 bits per heavy atom. The second-order valence-corrected chi connectivity index (χ2v) is 6.54. The van der Waals surface area contributed by atoms with Crippen molar-refractivity contribution in [3.63, 3.8) is 0 Å². The van der Waals surface area contributed by atoms with Crippen LogP contribution >= 0.6 is 15.9 Å². The zero-order valence-electron chi connectivity index (χ0n) is 11.6. The third kappa shape index (κ3) is 2.23. The van der Waals surface area contributed by atoms with Crippen molar-refractivity contribution in [2.75, 3.05) is 5.33 Å². The van der Waals surface area contributed by atoms with Gasteiger partial charge in [-0.1, -0.05) is 46.3 Å². The molecular formula is C18H16BrFO. The molecule has 1 saturated heterocycles. The Morgan fingerprint density at radius 2 is 1.90 bits per heavy atom. The average Bonchev–Trinajstić information content (AvgIpc) is 2.89. The van der Waals surface area contributed by atoms with E-state index in [2.05, 4.69) is 40.2 Å². The predicted octanol–water partition coefficient (Wildman–Crippen LogP) is 4.74. The zero-order chi connectivity index (χ0) is 14.4. The molecule has 0 saturated carbocycles. The highest BCUT2D eigenvalue weighted by Gasteiger charge is 2.40. The molecule has 0 spiro atoms. The Kier molecular flexibility index (Phi) is 3.35. The number of halogens is 2. The van der Waals surface area contributed by atoms with Gasteiger partial charge in [-0.15, -0.1) is 0 Å². The lowest BCUT2D eigenvalue weighted by molar-refractivity contribution is 0.0539. The molecule has 21 heavy (non-hydrogen) atoms. The second kappa shape index (κ2) is 5.22. The van der Waals surface area contributed by atoms with Gasteiger partial charge in [0.1, 0.15) is 5.82 Å². The highest BCUT2D eigenvalue weighted by molar-refractivity contribution is 9.09. The number of rotatable bonds is 1. The van der Waals surface area contributed by atoms with Crippen molar-refractivity contribution >= 4 is 15.9 Å². The predicted molar refractivity (Wildman–Crippen MR) is 84.4 cm³/mol. The Hall–Kier alpha value is -1.19. The van der Waals surface area contributed by atoms with E-state index in [9.17, 15) is 4.39 Å². The van der Waals surface area contributed by atoms with Crippen molar-refractivity contribution in [3.05, 3.63) is 70.5 Å². The van der Waals surface area contributed by atoms with Crippen molar-refractivity contribution in [2.24, 2.45) is 0 Å². The Balaban J connectivity index is 1.90. The maximum absolute atomic E-state index is 13.7. The van der Waals surface area contributed by atoms with Gasteiger partial charge in [0.2, 0.25) is 0 Å². The molecular weight excluding hydrogens is 331 g/mol. The van der Waals surface area contributed by atoms with Crippen molar-refractivity contribution in [1.29, 1.82) is 0 Å². The van der Waals surface area contributed by atoms with E-state index in [0.29, 0.717) is 5.92 Å². The van der Waals surface area contributed by atoms with E-state index in [0.717, 1.165) is 23.7 Å². The van der Waals surface area contributed by atoms with Crippen molar-refractivity contribution in [3.8, 4) is 0 Å². The van der Waals surface area contributed by atoms with Gasteiger partial charge >= 0.3 is 0 Å². The van der Waals surface area contributed by atoms with Gasteiger partial charge in [0.05, 0.1) is 12.2 Å². The van der Waals surface area contributed by atoms with Crippen molar-refractivity contribution in [2.45, 2.75) is 31.0 Å². The molecule has 2 aliphatic rings. The number of benzene rings is 2. The van der Waals surface area contributed by atoms with Gasteiger partial charge < -0.3 is 4.74 Å². The zero-order valence-corrected chi connectivity index (χ0v) is 13.1. The van der Waals surface area contributed by atoms with E-state index < -0.39 is 0 Å². The summed E-state index contributed by atoms with van der Waals surface area (Å²) in [5.74, 6) is 0.149. The summed E-state index contributed by atoms with van der Waals surface area (Å²) < 4.78 is 19.9. The molecule has 3 heteroatoms. The summed E-state index contributed by atoms with van der Waals surface area (Å²) >= 11 is 3.52. The molecule has 0 amide bonds. The lowest BCUT2D eigenvalue weighted by Gasteiger charge is -2.19. The third-order valence-electron chi connectivity index (χ3n) is 4.64. The van der Waals surface area contributed by atoms with E-state index >= 15 is 0 Å². The molecule has 1 aliphatic carbocycles. The first kappa shape index (κ1) is 13.5. The van der Waals surface area contributed by atoms with E-state index in [4.69, 9.17) is 4.74 Å². The maximum Gasteiger partial charge on any atom is 0.123 e. The fraction of sp³-hybridized carbons (Fsp3) is 0.333. The number of fused-ring (bicyclic) bond motifs is 5. The molecule has 0 radical (unpaired) electrons. The second-order valence-electron chi connectivity index (χ2n) is 5.89. The highest BCUT2D eigenvalue weighted by atomic mass is 79.9. The number of ether oxygens (including phenoxy) is 1. The van der Waals surface area contributed by atoms with Crippen molar-refractivity contribution < 1.29 is 9.13 Å². The third-order valence-corrected chi connectivity index (χ3v) is 5.37. The Bertz CT molecular complexity index is 685. The lowest BCUT2D eigenvalue weighted by Crippen LogP contribution is -2.09. The fourth-order valence-electron chi connectivity index (χ4n) is 3.70. The Morgan fingerprint density at radius 1 is 1.10 bits per heavy atom. The first-order valence-electron chi connectivity index (χ1n) is 7.34. The van der Waals surface area contributed by atoms with Gasteiger partial charge in [-0.25, -0.2) is 4.39 Å². The molecule has 0 unspecified atom stereocenters. The van der Waals surface area contributed by atoms with Gasteiger partial charge in [-0.2, -0.15) is 0 Å². The Labute approximate surface area is 132 Å². The van der Waals surface area contributed by atoms with Gasteiger partial charge in [0, 0.05) is 11.2 Å². The van der Waals surface area contributed by atoms with Crippen LogP contribution in [0.5, 0.6) is 0 Å². The average molecular weight is 347 g/mol. The van der Waals surface area contributed by atoms with Crippen LogP contribution in [0.25, 0.3) is 0 Å². The molecule has 0 N–H and O–H groups in total.